The third-order valence-electron chi connectivity index (χ3n) is 1.04. The van der Waals surface area contributed by atoms with Crippen LogP contribution in [0.3, 0.4) is 0 Å². The molecule has 0 saturated heterocycles. The second-order valence-electron chi connectivity index (χ2n) is 2.76. The Morgan fingerprint density at radius 3 is 2.45 bits per heavy atom. The Kier molecular flexibility index (Phi) is 5.26. The SMILES string of the molecule is C=C(C)/C=C/OCC=C(C)C. The van der Waals surface area contributed by atoms with Gasteiger partial charge < -0.3 is 4.74 Å². The number of ether oxygens (including phenoxy) is 1. The first-order valence-electron chi connectivity index (χ1n) is 3.70. The van der Waals surface area contributed by atoms with Gasteiger partial charge in [-0.05, 0) is 32.9 Å². The second-order valence-corrected chi connectivity index (χ2v) is 2.76. The fourth-order valence-electron chi connectivity index (χ4n) is 0.435. The fraction of sp³-hybridized carbons (Fsp3) is 0.400. The molecule has 0 fully saturated rings. The van der Waals surface area contributed by atoms with Gasteiger partial charge in [-0.2, -0.15) is 0 Å². The summed E-state index contributed by atoms with van der Waals surface area (Å²) in [6.45, 7) is 10.4. The first kappa shape index (κ1) is 10.0. The van der Waals surface area contributed by atoms with Gasteiger partial charge in [-0.1, -0.05) is 17.7 Å². The van der Waals surface area contributed by atoms with Gasteiger partial charge in [0.05, 0.1) is 6.26 Å². The van der Waals surface area contributed by atoms with E-state index in [9.17, 15) is 0 Å². The van der Waals surface area contributed by atoms with Crippen LogP contribution in [-0.4, -0.2) is 6.61 Å². The van der Waals surface area contributed by atoms with E-state index in [2.05, 4.69) is 6.58 Å². The highest BCUT2D eigenvalue weighted by Gasteiger charge is 1.77. The lowest BCUT2D eigenvalue weighted by atomic mass is 10.3. The van der Waals surface area contributed by atoms with Crippen molar-refractivity contribution in [3.05, 3.63) is 36.1 Å². The average Bonchev–Trinajstić information content (AvgIpc) is 1.85. The lowest BCUT2D eigenvalue weighted by molar-refractivity contribution is 0.289. The topological polar surface area (TPSA) is 9.23 Å². The van der Waals surface area contributed by atoms with Crippen LogP contribution in [0.2, 0.25) is 0 Å². The van der Waals surface area contributed by atoms with E-state index in [1.807, 2.05) is 32.9 Å². The molecule has 0 rings (SSSR count). The van der Waals surface area contributed by atoms with Gasteiger partial charge >= 0.3 is 0 Å². The van der Waals surface area contributed by atoms with Crippen molar-refractivity contribution < 1.29 is 4.74 Å². The van der Waals surface area contributed by atoms with Gasteiger partial charge in [0.2, 0.25) is 0 Å². The second kappa shape index (κ2) is 5.78. The molecule has 0 aliphatic carbocycles. The van der Waals surface area contributed by atoms with Gasteiger partial charge in [-0.3, -0.25) is 0 Å². The van der Waals surface area contributed by atoms with E-state index in [1.54, 1.807) is 6.26 Å². The normalized spacial score (nSPS) is 9.73. The van der Waals surface area contributed by atoms with Crippen molar-refractivity contribution in [2.75, 3.05) is 6.61 Å². The summed E-state index contributed by atoms with van der Waals surface area (Å²) in [5.41, 5.74) is 2.27. The van der Waals surface area contributed by atoms with Gasteiger partial charge in [0.1, 0.15) is 6.61 Å². The third kappa shape index (κ3) is 9.02. The fourth-order valence-corrected chi connectivity index (χ4v) is 0.435. The molecule has 11 heavy (non-hydrogen) atoms. The van der Waals surface area contributed by atoms with Crippen molar-refractivity contribution in [3.8, 4) is 0 Å². The summed E-state index contributed by atoms with van der Waals surface area (Å²) in [5, 5.41) is 0. The largest absolute Gasteiger partial charge is 0.497 e. The molecule has 1 heteroatoms. The minimum absolute atomic E-state index is 0.645. The van der Waals surface area contributed by atoms with Crippen LogP contribution in [0, 0.1) is 0 Å². The van der Waals surface area contributed by atoms with Crippen molar-refractivity contribution in [1.82, 2.24) is 0 Å². The van der Waals surface area contributed by atoms with E-state index in [0.29, 0.717) is 6.61 Å². The van der Waals surface area contributed by atoms with Crippen molar-refractivity contribution in [2.24, 2.45) is 0 Å². The Hall–Kier alpha value is -0.980. The molecule has 0 N–H and O–H groups in total. The van der Waals surface area contributed by atoms with Gasteiger partial charge in [-0.25, -0.2) is 0 Å². The molecule has 0 amide bonds. The summed E-state index contributed by atoms with van der Waals surface area (Å²) < 4.78 is 5.14. The molecule has 0 spiro atoms. The summed E-state index contributed by atoms with van der Waals surface area (Å²) in [6, 6.07) is 0. The molecule has 0 aromatic carbocycles. The minimum atomic E-state index is 0.645. The third-order valence-corrected chi connectivity index (χ3v) is 1.04. The van der Waals surface area contributed by atoms with Gasteiger partial charge in [0, 0.05) is 0 Å². The van der Waals surface area contributed by atoms with Gasteiger partial charge in [0.25, 0.3) is 0 Å². The van der Waals surface area contributed by atoms with Crippen molar-refractivity contribution >= 4 is 0 Å². The molecular weight excluding hydrogens is 136 g/mol. The summed E-state index contributed by atoms with van der Waals surface area (Å²) >= 11 is 0. The van der Waals surface area contributed by atoms with Crippen LogP contribution >= 0.6 is 0 Å². The van der Waals surface area contributed by atoms with Crippen LogP contribution in [0.5, 0.6) is 0 Å². The monoisotopic (exact) mass is 152 g/mol. The van der Waals surface area contributed by atoms with E-state index in [-0.39, 0.29) is 0 Å². The van der Waals surface area contributed by atoms with E-state index < -0.39 is 0 Å². The number of hydrogen-bond donors (Lipinski definition) is 0. The lowest BCUT2D eigenvalue weighted by Gasteiger charge is -1.94. The van der Waals surface area contributed by atoms with Gasteiger partial charge in [-0.15, -0.1) is 0 Å². The molecule has 0 bridgehead atoms. The molecule has 0 unspecified atom stereocenters. The van der Waals surface area contributed by atoms with Crippen LogP contribution in [-0.2, 0) is 4.74 Å². The van der Waals surface area contributed by atoms with E-state index >= 15 is 0 Å². The Bertz CT molecular complexity index is 171. The average molecular weight is 152 g/mol. The molecule has 0 atom stereocenters. The maximum Gasteiger partial charge on any atom is 0.106 e. The minimum Gasteiger partial charge on any atom is -0.497 e. The molecular formula is C10H16O. The van der Waals surface area contributed by atoms with Crippen LogP contribution in [0.15, 0.2) is 36.1 Å². The highest BCUT2D eigenvalue weighted by molar-refractivity contribution is 5.08. The molecule has 0 aromatic rings. The number of hydrogen-bond acceptors (Lipinski definition) is 1. The van der Waals surface area contributed by atoms with Gasteiger partial charge in [0.15, 0.2) is 0 Å². The summed E-state index contributed by atoms with van der Waals surface area (Å²) in [7, 11) is 0. The van der Waals surface area contributed by atoms with Crippen molar-refractivity contribution in [2.45, 2.75) is 20.8 Å². The van der Waals surface area contributed by atoms with E-state index in [1.165, 1.54) is 5.57 Å². The molecule has 0 heterocycles. The summed E-state index contributed by atoms with van der Waals surface area (Å²) in [6.07, 6.45) is 5.55. The number of rotatable bonds is 4. The molecule has 0 aliphatic heterocycles. The highest BCUT2D eigenvalue weighted by atomic mass is 16.5. The van der Waals surface area contributed by atoms with E-state index in [0.717, 1.165) is 5.57 Å². The quantitative estimate of drug-likeness (QED) is 0.260. The molecule has 62 valence electrons. The van der Waals surface area contributed by atoms with Crippen LogP contribution in [0.1, 0.15) is 20.8 Å². The molecule has 1 nitrogen and oxygen atoms in total. The van der Waals surface area contributed by atoms with E-state index in [4.69, 9.17) is 4.74 Å². The zero-order valence-corrected chi connectivity index (χ0v) is 7.55. The summed E-state index contributed by atoms with van der Waals surface area (Å²) in [4.78, 5) is 0. The van der Waals surface area contributed by atoms with Crippen LogP contribution in [0.25, 0.3) is 0 Å². The van der Waals surface area contributed by atoms with Crippen molar-refractivity contribution in [1.29, 1.82) is 0 Å². The van der Waals surface area contributed by atoms with Crippen LogP contribution in [0.4, 0.5) is 0 Å². The van der Waals surface area contributed by atoms with Crippen molar-refractivity contribution in [3.63, 3.8) is 0 Å². The number of allylic oxidation sites excluding steroid dienone is 3. The first-order valence-corrected chi connectivity index (χ1v) is 3.70. The first-order chi connectivity index (χ1) is 5.13. The molecule has 0 aromatic heterocycles. The predicted molar refractivity (Wildman–Crippen MR) is 49.3 cm³/mol. The standard InChI is InChI=1S/C10H16O/c1-9(2)5-7-11-8-6-10(3)4/h5-7H,1,8H2,2-4H3/b7-5+. The highest BCUT2D eigenvalue weighted by Crippen LogP contribution is 1.92. The smallest absolute Gasteiger partial charge is 0.106 e. The Morgan fingerprint density at radius 1 is 1.36 bits per heavy atom. The maximum absolute atomic E-state index is 5.14. The van der Waals surface area contributed by atoms with Crippen LogP contribution < -0.4 is 0 Å². The zero-order chi connectivity index (χ0) is 8.69. The lowest BCUT2D eigenvalue weighted by Crippen LogP contribution is -1.81. The predicted octanol–water partition coefficient (Wildman–Crippen LogP) is 3.06. The Balaban J connectivity index is 3.42. The summed E-state index contributed by atoms with van der Waals surface area (Å²) in [5.74, 6) is 0. The molecule has 0 aliphatic rings. The Morgan fingerprint density at radius 2 is 2.00 bits per heavy atom. The maximum atomic E-state index is 5.14. The molecule has 0 saturated carbocycles. The Labute approximate surface area is 69.1 Å². The zero-order valence-electron chi connectivity index (χ0n) is 7.55. The molecule has 0 radical (unpaired) electrons.